The van der Waals surface area contributed by atoms with E-state index in [9.17, 15) is 4.79 Å². The topological polar surface area (TPSA) is 87.0 Å². The molecule has 0 bridgehead atoms. The van der Waals surface area contributed by atoms with E-state index in [1.807, 2.05) is 0 Å². The molecule has 3 heterocycles. The first-order chi connectivity index (χ1) is 8.72. The number of rotatable bonds is 1. The van der Waals surface area contributed by atoms with E-state index in [2.05, 4.69) is 20.4 Å². The molecule has 0 unspecified atom stereocenters. The predicted molar refractivity (Wildman–Crippen MR) is 63.0 cm³/mol. The second kappa shape index (κ2) is 4.17. The van der Waals surface area contributed by atoms with E-state index in [4.69, 9.17) is 4.52 Å². The van der Waals surface area contributed by atoms with Crippen LogP contribution in [0.5, 0.6) is 0 Å². The van der Waals surface area contributed by atoms with Gasteiger partial charge in [-0.3, -0.25) is 5.32 Å². The zero-order valence-electron chi connectivity index (χ0n) is 9.93. The van der Waals surface area contributed by atoms with Gasteiger partial charge in [0.05, 0.1) is 30.0 Å². The lowest BCUT2D eigenvalue weighted by molar-refractivity contribution is 0.204. The Morgan fingerprint density at radius 1 is 1.61 bits per heavy atom. The van der Waals surface area contributed by atoms with Crippen molar-refractivity contribution in [3.63, 3.8) is 0 Å². The van der Waals surface area contributed by atoms with Crippen LogP contribution >= 0.6 is 0 Å². The SMILES string of the molecule is Cc1cc(NC(=O)N2CCc3nc[nH]c3C2)on1. The molecule has 2 aromatic rings. The number of nitrogens with one attached hydrogen (secondary N) is 2. The van der Waals surface area contributed by atoms with E-state index in [1.54, 1.807) is 24.2 Å². The second-order valence-corrected chi connectivity index (χ2v) is 4.26. The normalized spacial score (nSPS) is 14.4. The van der Waals surface area contributed by atoms with Crippen LogP contribution in [0.15, 0.2) is 16.9 Å². The summed E-state index contributed by atoms with van der Waals surface area (Å²) in [5.74, 6) is 0.368. The molecule has 0 aromatic carbocycles. The average Bonchev–Trinajstić information content (AvgIpc) is 2.96. The van der Waals surface area contributed by atoms with Crippen LogP contribution in [0, 0.1) is 6.92 Å². The molecule has 2 amide bonds. The number of aromatic amines is 1. The van der Waals surface area contributed by atoms with Gasteiger partial charge in [-0.15, -0.1) is 0 Å². The summed E-state index contributed by atoms with van der Waals surface area (Å²) in [6, 6.07) is 1.50. The van der Waals surface area contributed by atoms with Gasteiger partial charge in [-0.25, -0.2) is 9.78 Å². The van der Waals surface area contributed by atoms with Crippen molar-refractivity contribution in [2.75, 3.05) is 11.9 Å². The maximum atomic E-state index is 12.0. The summed E-state index contributed by atoms with van der Waals surface area (Å²) in [5, 5.41) is 6.40. The van der Waals surface area contributed by atoms with Gasteiger partial charge >= 0.3 is 6.03 Å². The number of imidazole rings is 1. The monoisotopic (exact) mass is 247 g/mol. The highest BCUT2D eigenvalue weighted by Gasteiger charge is 2.22. The highest BCUT2D eigenvalue weighted by molar-refractivity contribution is 5.88. The van der Waals surface area contributed by atoms with Gasteiger partial charge in [0, 0.05) is 19.0 Å². The van der Waals surface area contributed by atoms with Crippen LogP contribution < -0.4 is 5.32 Å². The number of anilines is 1. The van der Waals surface area contributed by atoms with E-state index in [0.717, 1.165) is 23.5 Å². The van der Waals surface area contributed by atoms with Crippen molar-refractivity contribution in [1.82, 2.24) is 20.0 Å². The molecule has 0 saturated heterocycles. The van der Waals surface area contributed by atoms with E-state index in [1.165, 1.54) is 0 Å². The van der Waals surface area contributed by atoms with E-state index >= 15 is 0 Å². The highest BCUT2D eigenvalue weighted by atomic mass is 16.5. The third kappa shape index (κ3) is 1.94. The molecule has 1 aliphatic rings. The molecule has 7 nitrogen and oxygen atoms in total. The third-order valence-corrected chi connectivity index (χ3v) is 2.92. The van der Waals surface area contributed by atoms with Gasteiger partial charge in [0.15, 0.2) is 0 Å². The summed E-state index contributed by atoms with van der Waals surface area (Å²) >= 11 is 0. The van der Waals surface area contributed by atoms with E-state index in [0.29, 0.717) is 19.0 Å². The van der Waals surface area contributed by atoms with Crippen LogP contribution in [0.2, 0.25) is 0 Å². The van der Waals surface area contributed by atoms with Crippen molar-refractivity contribution in [3.8, 4) is 0 Å². The van der Waals surface area contributed by atoms with Crippen molar-refractivity contribution in [2.24, 2.45) is 0 Å². The number of aromatic nitrogens is 3. The van der Waals surface area contributed by atoms with Gasteiger partial charge in [-0.2, -0.15) is 0 Å². The molecule has 0 radical (unpaired) electrons. The van der Waals surface area contributed by atoms with Crippen LogP contribution in [0.3, 0.4) is 0 Å². The summed E-state index contributed by atoms with van der Waals surface area (Å²) in [4.78, 5) is 20.9. The Labute approximate surface area is 103 Å². The summed E-state index contributed by atoms with van der Waals surface area (Å²) < 4.78 is 4.95. The first-order valence-corrected chi connectivity index (χ1v) is 5.73. The van der Waals surface area contributed by atoms with Crippen LogP contribution in [0.4, 0.5) is 10.7 Å². The van der Waals surface area contributed by atoms with Gasteiger partial charge in [0.2, 0.25) is 5.88 Å². The summed E-state index contributed by atoms with van der Waals surface area (Å²) in [5.41, 5.74) is 2.76. The fourth-order valence-electron chi connectivity index (χ4n) is 1.99. The van der Waals surface area contributed by atoms with Gasteiger partial charge in [-0.1, -0.05) is 5.16 Å². The fourth-order valence-corrected chi connectivity index (χ4v) is 1.99. The molecule has 1 aliphatic heterocycles. The van der Waals surface area contributed by atoms with Crippen molar-refractivity contribution in [2.45, 2.75) is 19.9 Å². The predicted octanol–water partition coefficient (Wildman–Crippen LogP) is 1.30. The number of amides is 2. The number of hydrogen-bond acceptors (Lipinski definition) is 4. The Morgan fingerprint density at radius 3 is 3.28 bits per heavy atom. The molecule has 18 heavy (non-hydrogen) atoms. The summed E-state index contributed by atoms with van der Waals surface area (Å²) in [6.45, 7) is 2.99. The van der Waals surface area contributed by atoms with E-state index in [-0.39, 0.29) is 6.03 Å². The lowest BCUT2D eigenvalue weighted by atomic mass is 10.1. The van der Waals surface area contributed by atoms with Crippen molar-refractivity contribution in [1.29, 1.82) is 0 Å². The number of hydrogen-bond donors (Lipinski definition) is 2. The largest absolute Gasteiger partial charge is 0.347 e. The molecule has 0 spiro atoms. The third-order valence-electron chi connectivity index (χ3n) is 2.92. The first-order valence-electron chi connectivity index (χ1n) is 5.73. The molecular formula is C11H13N5O2. The van der Waals surface area contributed by atoms with Crippen molar-refractivity contribution < 1.29 is 9.32 Å². The fraction of sp³-hybridized carbons (Fsp3) is 0.364. The molecule has 0 aliphatic carbocycles. The zero-order chi connectivity index (χ0) is 12.5. The standard InChI is InChI=1S/C11H13N5O2/c1-7-4-10(18-15-7)14-11(17)16-3-2-8-9(5-16)13-6-12-8/h4,6H,2-3,5H2,1H3,(H,12,13)(H,14,17). The lowest BCUT2D eigenvalue weighted by Gasteiger charge is -2.25. The molecule has 2 aromatic heterocycles. The van der Waals surface area contributed by atoms with Crippen molar-refractivity contribution >= 4 is 11.9 Å². The number of nitrogens with zero attached hydrogens (tertiary/aromatic N) is 3. The minimum Gasteiger partial charge on any atom is -0.347 e. The second-order valence-electron chi connectivity index (χ2n) is 4.26. The Hall–Kier alpha value is -2.31. The van der Waals surface area contributed by atoms with E-state index < -0.39 is 0 Å². The van der Waals surface area contributed by atoms with Gasteiger partial charge in [-0.05, 0) is 6.92 Å². The van der Waals surface area contributed by atoms with Crippen LogP contribution in [-0.2, 0) is 13.0 Å². The molecule has 7 heteroatoms. The molecule has 3 rings (SSSR count). The number of H-pyrrole nitrogens is 1. The number of urea groups is 1. The Balaban J connectivity index is 1.67. The molecule has 0 saturated carbocycles. The Bertz CT molecular complexity index is 574. The maximum Gasteiger partial charge on any atom is 0.324 e. The van der Waals surface area contributed by atoms with Crippen LogP contribution in [0.25, 0.3) is 0 Å². The van der Waals surface area contributed by atoms with Gasteiger partial charge in [0.25, 0.3) is 0 Å². The van der Waals surface area contributed by atoms with Crippen LogP contribution in [0.1, 0.15) is 17.1 Å². The minimum atomic E-state index is -0.189. The zero-order valence-corrected chi connectivity index (χ0v) is 9.93. The quantitative estimate of drug-likeness (QED) is 0.795. The minimum absolute atomic E-state index is 0.189. The molecule has 2 N–H and O–H groups in total. The van der Waals surface area contributed by atoms with Gasteiger partial charge < -0.3 is 14.4 Å². The smallest absolute Gasteiger partial charge is 0.324 e. The molecular weight excluding hydrogens is 234 g/mol. The summed E-state index contributed by atoms with van der Waals surface area (Å²) in [7, 11) is 0. The number of carbonyl (C=O) groups excluding carboxylic acids is 1. The maximum absolute atomic E-state index is 12.0. The van der Waals surface area contributed by atoms with Gasteiger partial charge in [0.1, 0.15) is 0 Å². The highest BCUT2D eigenvalue weighted by Crippen LogP contribution is 2.16. The number of fused-ring (bicyclic) bond motifs is 1. The number of carbonyl (C=O) groups is 1. The summed E-state index contributed by atoms with van der Waals surface area (Å²) in [6.07, 6.45) is 2.42. The van der Waals surface area contributed by atoms with Crippen LogP contribution in [-0.4, -0.2) is 32.6 Å². The average molecular weight is 247 g/mol. The molecule has 0 fully saturated rings. The Kier molecular flexibility index (Phi) is 2.51. The van der Waals surface area contributed by atoms with Crippen molar-refractivity contribution in [3.05, 3.63) is 29.5 Å². The lowest BCUT2D eigenvalue weighted by Crippen LogP contribution is -2.38. The number of aryl methyl sites for hydroxylation is 1. The first kappa shape index (κ1) is 10.8. The Morgan fingerprint density at radius 2 is 2.50 bits per heavy atom. The molecule has 94 valence electrons. The molecule has 0 atom stereocenters.